The van der Waals surface area contributed by atoms with E-state index in [9.17, 15) is 14.0 Å². The zero-order valence-electron chi connectivity index (χ0n) is 18.9. The van der Waals surface area contributed by atoms with E-state index in [0.717, 1.165) is 10.5 Å². The van der Waals surface area contributed by atoms with Gasteiger partial charge in [0.25, 0.3) is 5.91 Å². The van der Waals surface area contributed by atoms with Crippen LogP contribution in [0.4, 0.5) is 10.1 Å². The molecule has 4 aromatic rings. The van der Waals surface area contributed by atoms with Gasteiger partial charge < -0.3 is 18.6 Å². The maximum absolute atomic E-state index is 14.0. The van der Waals surface area contributed by atoms with Gasteiger partial charge in [0.1, 0.15) is 11.4 Å². The van der Waals surface area contributed by atoms with Crippen molar-refractivity contribution in [1.82, 2.24) is 0 Å². The van der Waals surface area contributed by atoms with Crippen LogP contribution >= 0.6 is 15.9 Å². The molecule has 0 spiro atoms. The Hall–Kier alpha value is -3.85. The summed E-state index contributed by atoms with van der Waals surface area (Å²) in [6.45, 7) is 0. The summed E-state index contributed by atoms with van der Waals surface area (Å²) in [7, 11) is 4.44. The minimum absolute atomic E-state index is 0.0464. The zero-order valence-corrected chi connectivity index (χ0v) is 20.5. The second kappa shape index (κ2) is 8.74. The van der Waals surface area contributed by atoms with Gasteiger partial charge >= 0.3 is 0 Å². The van der Waals surface area contributed by atoms with Crippen molar-refractivity contribution in [1.29, 1.82) is 0 Å². The topological polar surface area (TPSA) is 78.2 Å². The third-order valence-electron chi connectivity index (χ3n) is 5.92. The van der Waals surface area contributed by atoms with Crippen molar-refractivity contribution in [3.05, 3.63) is 92.0 Å². The molecule has 0 bridgehead atoms. The number of nitrogens with zero attached hydrogens (tertiary/aromatic N) is 1. The molecule has 0 radical (unpaired) electrons. The summed E-state index contributed by atoms with van der Waals surface area (Å²) >= 11 is 3.44. The van der Waals surface area contributed by atoms with E-state index >= 15 is 0 Å². The summed E-state index contributed by atoms with van der Waals surface area (Å²) in [5, 5.41) is 0.0464. The highest BCUT2D eigenvalue weighted by Crippen LogP contribution is 2.46. The van der Waals surface area contributed by atoms with Gasteiger partial charge in [0.2, 0.25) is 11.5 Å². The quantitative estimate of drug-likeness (QED) is 0.334. The van der Waals surface area contributed by atoms with Crippen molar-refractivity contribution in [3.8, 4) is 17.2 Å². The molecule has 1 atom stereocenters. The van der Waals surface area contributed by atoms with E-state index in [1.165, 1.54) is 38.4 Å². The van der Waals surface area contributed by atoms with Crippen molar-refractivity contribution in [2.24, 2.45) is 0 Å². The molecular weight excluding hydrogens is 521 g/mol. The van der Waals surface area contributed by atoms with Gasteiger partial charge in [-0.25, -0.2) is 4.39 Å². The van der Waals surface area contributed by atoms with E-state index in [4.69, 9.17) is 18.6 Å². The number of benzene rings is 3. The lowest BCUT2D eigenvalue weighted by Gasteiger charge is -2.26. The molecular formula is C26H19BrFNO6. The van der Waals surface area contributed by atoms with E-state index in [-0.39, 0.29) is 22.3 Å². The SMILES string of the molecule is COc1cc(C2c3c(oc4ccc(F)cc4c3=O)C(=O)N2c2cccc(Br)c2)cc(OC)c1OC. The molecule has 0 fully saturated rings. The molecule has 1 unspecified atom stereocenters. The summed E-state index contributed by atoms with van der Waals surface area (Å²) in [5.74, 6) is -0.110. The Morgan fingerprint density at radius 1 is 0.943 bits per heavy atom. The predicted octanol–water partition coefficient (Wildman–Crippen LogP) is 5.47. The number of fused-ring (bicyclic) bond motifs is 2. The highest BCUT2D eigenvalue weighted by Gasteiger charge is 2.44. The molecule has 5 rings (SSSR count). The fourth-order valence-electron chi connectivity index (χ4n) is 4.41. The van der Waals surface area contributed by atoms with E-state index in [1.54, 1.807) is 30.3 Å². The summed E-state index contributed by atoms with van der Waals surface area (Å²) in [5.41, 5.74) is 0.787. The first-order valence-corrected chi connectivity index (χ1v) is 11.3. The number of rotatable bonds is 5. The Balaban J connectivity index is 1.85. The molecule has 0 aliphatic carbocycles. The van der Waals surface area contributed by atoms with E-state index in [1.807, 2.05) is 6.07 Å². The first kappa shape index (κ1) is 22.9. The van der Waals surface area contributed by atoms with Crippen LogP contribution in [0.2, 0.25) is 0 Å². The first-order chi connectivity index (χ1) is 16.9. The number of ether oxygens (including phenoxy) is 3. The Morgan fingerprint density at radius 3 is 2.29 bits per heavy atom. The van der Waals surface area contributed by atoms with Crippen molar-refractivity contribution in [2.75, 3.05) is 26.2 Å². The smallest absolute Gasteiger partial charge is 0.295 e. The number of anilines is 1. The van der Waals surface area contributed by atoms with Crippen LogP contribution < -0.4 is 24.5 Å². The second-order valence-corrected chi connectivity index (χ2v) is 8.75. The molecule has 35 heavy (non-hydrogen) atoms. The lowest BCUT2D eigenvalue weighted by Crippen LogP contribution is -2.29. The molecule has 1 amide bonds. The summed E-state index contributed by atoms with van der Waals surface area (Å²) < 4.78 is 37.1. The van der Waals surface area contributed by atoms with Gasteiger partial charge in [-0.1, -0.05) is 22.0 Å². The Kier molecular flexibility index (Phi) is 5.72. The van der Waals surface area contributed by atoms with Gasteiger partial charge in [-0.3, -0.25) is 14.5 Å². The molecule has 2 heterocycles. The Bertz CT molecular complexity index is 1520. The van der Waals surface area contributed by atoms with Gasteiger partial charge in [0.05, 0.1) is 38.3 Å². The Morgan fingerprint density at radius 2 is 1.66 bits per heavy atom. The van der Waals surface area contributed by atoms with Crippen LogP contribution in [0.1, 0.15) is 27.7 Å². The average Bonchev–Trinajstić information content (AvgIpc) is 3.16. The molecule has 1 aliphatic heterocycles. The Labute approximate surface area is 207 Å². The van der Waals surface area contributed by atoms with Crippen molar-refractivity contribution >= 4 is 38.5 Å². The molecule has 1 aromatic heterocycles. The van der Waals surface area contributed by atoms with Gasteiger partial charge in [0.15, 0.2) is 16.9 Å². The standard InChI is InChI=1S/C26H19BrFNO6/c1-32-19-9-13(10-20(33-2)24(19)34-3)22-21-23(30)17-12-15(28)7-8-18(17)35-25(21)26(31)29(22)16-6-4-5-14(27)11-16/h4-12,22H,1-3H3. The van der Waals surface area contributed by atoms with Crippen LogP contribution in [-0.4, -0.2) is 27.2 Å². The van der Waals surface area contributed by atoms with E-state index in [2.05, 4.69) is 15.9 Å². The molecule has 178 valence electrons. The van der Waals surface area contributed by atoms with Gasteiger partial charge in [0, 0.05) is 10.2 Å². The van der Waals surface area contributed by atoms with Gasteiger partial charge in [-0.05, 0) is 54.1 Å². The van der Waals surface area contributed by atoms with Crippen LogP contribution in [0.3, 0.4) is 0 Å². The van der Waals surface area contributed by atoms with E-state index in [0.29, 0.717) is 28.5 Å². The van der Waals surface area contributed by atoms with Crippen LogP contribution in [-0.2, 0) is 0 Å². The van der Waals surface area contributed by atoms with Gasteiger partial charge in [-0.2, -0.15) is 0 Å². The third kappa shape index (κ3) is 3.63. The normalized spacial score (nSPS) is 14.8. The van der Waals surface area contributed by atoms with Gasteiger partial charge in [-0.15, -0.1) is 0 Å². The summed E-state index contributed by atoms with van der Waals surface area (Å²) in [4.78, 5) is 28.8. The molecule has 0 N–H and O–H groups in total. The van der Waals surface area contributed by atoms with Crippen LogP contribution in [0.25, 0.3) is 11.0 Å². The van der Waals surface area contributed by atoms with Crippen molar-refractivity contribution < 1.29 is 27.8 Å². The molecule has 9 heteroatoms. The van der Waals surface area contributed by atoms with Crippen molar-refractivity contribution in [3.63, 3.8) is 0 Å². The number of amides is 1. The highest BCUT2D eigenvalue weighted by atomic mass is 79.9. The molecule has 0 saturated heterocycles. The molecule has 0 saturated carbocycles. The first-order valence-electron chi connectivity index (χ1n) is 10.5. The maximum Gasteiger partial charge on any atom is 0.295 e. The third-order valence-corrected chi connectivity index (χ3v) is 6.41. The monoisotopic (exact) mass is 539 g/mol. The summed E-state index contributed by atoms with van der Waals surface area (Å²) in [6.07, 6.45) is 0. The minimum Gasteiger partial charge on any atom is -0.493 e. The number of methoxy groups -OCH3 is 3. The van der Waals surface area contributed by atoms with Crippen LogP contribution in [0, 0.1) is 5.82 Å². The number of halogens is 2. The fraction of sp³-hybridized carbons (Fsp3) is 0.154. The van der Waals surface area contributed by atoms with Crippen LogP contribution in [0.5, 0.6) is 17.2 Å². The average molecular weight is 540 g/mol. The largest absolute Gasteiger partial charge is 0.493 e. The lowest BCUT2D eigenvalue weighted by atomic mass is 9.97. The molecule has 1 aliphatic rings. The predicted molar refractivity (Wildman–Crippen MR) is 131 cm³/mol. The minimum atomic E-state index is -0.899. The molecule has 3 aromatic carbocycles. The number of carbonyl (C=O) groups is 1. The zero-order chi connectivity index (χ0) is 24.9. The summed E-state index contributed by atoms with van der Waals surface area (Å²) in [6, 6.07) is 13.2. The number of hydrogen-bond acceptors (Lipinski definition) is 6. The van der Waals surface area contributed by atoms with Crippen LogP contribution in [0.15, 0.2) is 68.3 Å². The van der Waals surface area contributed by atoms with E-state index < -0.39 is 23.2 Å². The lowest BCUT2D eigenvalue weighted by molar-refractivity contribution is 0.0971. The fourth-order valence-corrected chi connectivity index (χ4v) is 4.80. The highest BCUT2D eigenvalue weighted by molar-refractivity contribution is 9.10. The van der Waals surface area contributed by atoms with Crippen molar-refractivity contribution in [2.45, 2.75) is 6.04 Å². The second-order valence-electron chi connectivity index (χ2n) is 7.83. The molecule has 7 nitrogen and oxygen atoms in total. The maximum atomic E-state index is 14.0. The number of hydrogen-bond donors (Lipinski definition) is 0. The number of carbonyl (C=O) groups excluding carboxylic acids is 1.